The van der Waals surface area contributed by atoms with Crippen LogP contribution in [0, 0.1) is 18.6 Å². The summed E-state index contributed by atoms with van der Waals surface area (Å²) in [5.74, 6) is -4.30. The number of carbonyl (C=O) groups excluding carboxylic acids is 1. The summed E-state index contributed by atoms with van der Waals surface area (Å²) in [7, 11) is 0. The van der Waals surface area contributed by atoms with Gasteiger partial charge < -0.3 is 15.1 Å². The molecule has 1 amide bonds. The number of hydrogen-bond donors (Lipinski definition) is 2. The van der Waals surface area contributed by atoms with Gasteiger partial charge in [0.1, 0.15) is 4.88 Å². The molecule has 2 aromatic rings. The van der Waals surface area contributed by atoms with Gasteiger partial charge >= 0.3 is 5.97 Å². The molecule has 0 spiro atoms. The molecule has 1 aliphatic carbocycles. The number of rotatable bonds is 4. The van der Waals surface area contributed by atoms with Gasteiger partial charge in [0.25, 0.3) is 5.91 Å². The molecule has 0 saturated heterocycles. The van der Waals surface area contributed by atoms with Crippen molar-refractivity contribution in [2.24, 2.45) is 0 Å². The molecular weight excluding hydrogens is 424 g/mol. The van der Waals surface area contributed by atoms with Gasteiger partial charge in [-0.2, -0.15) is 0 Å². The highest BCUT2D eigenvalue weighted by Crippen LogP contribution is 2.40. The van der Waals surface area contributed by atoms with Gasteiger partial charge in [-0.25, -0.2) is 13.6 Å². The lowest BCUT2D eigenvalue weighted by atomic mass is 9.90. The summed E-state index contributed by atoms with van der Waals surface area (Å²) in [4.78, 5) is 27.6. The molecule has 0 atom stereocenters. The molecule has 1 aliphatic rings. The van der Waals surface area contributed by atoms with Crippen molar-refractivity contribution in [1.82, 2.24) is 0 Å². The van der Waals surface area contributed by atoms with E-state index in [4.69, 9.17) is 0 Å². The number of aromatic carboxylic acids is 1. The largest absolute Gasteiger partial charge is 0.477 e. The maximum atomic E-state index is 14.7. The smallest absolute Gasteiger partial charge is 0.348 e. The molecule has 1 saturated carbocycles. The van der Waals surface area contributed by atoms with E-state index < -0.39 is 41.2 Å². The normalized spacial score (nSPS) is 19.3. The van der Waals surface area contributed by atoms with Crippen molar-refractivity contribution in [2.45, 2.75) is 70.9 Å². The number of aliphatic hydroxyl groups excluding tert-OH is 1. The summed E-state index contributed by atoms with van der Waals surface area (Å²) < 4.78 is 28.9. The van der Waals surface area contributed by atoms with E-state index in [0.29, 0.717) is 25.7 Å². The Morgan fingerprint density at radius 2 is 1.71 bits per heavy atom. The summed E-state index contributed by atoms with van der Waals surface area (Å²) in [6, 6.07) is 3.80. The van der Waals surface area contributed by atoms with Crippen LogP contribution in [0.4, 0.5) is 14.5 Å². The van der Waals surface area contributed by atoms with Crippen molar-refractivity contribution >= 4 is 28.9 Å². The average molecular weight is 452 g/mol. The highest BCUT2D eigenvalue weighted by Gasteiger charge is 2.36. The van der Waals surface area contributed by atoms with Crippen LogP contribution < -0.4 is 4.90 Å². The zero-order valence-corrected chi connectivity index (χ0v) is 18.9. The number of carboxylic acids is 1. The minimum atomic E-state index is -1.24. The van der Waals surface area contributed by atoms with Crippen LogP contribution in [0.25, 0.3) is 0 Å². The Hall–Kier alpha value is -2.32. The molecular formula is C23H27F2NO4S. The predicted octanol–water partition coefficient (Wildman–Crippen LogP) is 5.28. The highest BCUT2D eigenvalue weighted by molar-refractivity contribution is 7.14. The van der Waals surface area contributed by atoms with Crippen molar-refractivity contribution in [2.75, 3.05) is 4.90 Å². The molecule has 0 aliphatic heterocycles. The first kappa shape index (κ1) is 23.3. The van der Waals surface area contributed by atoms with Gasteiger partial charge in [-0.1, -0.05) is 26.8 Å². The van der Waals surface area contributed by atoms with Crippen LogP contribution in [0.3, 0.4) is 0 Å². The number of thiophene rings is 1. The standard InChI is InChI=1S/C23H27F2NO4S/c1-12-5-10-15(19(25)18(12)24)21(28)26(13-6-8-14(27)9-7-13)16-11-17(23(2,3)4)31-20(16)22(29)30/h5,10-11,13-14,27H,6-9H2,1-4H3,(H,29,30). The lowest BCUT2D eigenvalue weighted by molar-refractivity contribution is 0.0702. The van der Waals surface area contributed by atoms with Gasteiger partial charge in [-0.05, 0) is 55.7 Å². The van der Waals surface area contributed by atoms with E-state index >= 15 is 0 Å². The van der Waals surface area contributed by atoms with Crippen molar-refractivity contribution < 1.29 is 28.6 Å². The van der Waals surface area contributed by atoms with Crippen LogP contribution >= 0.6 is 11.3 Å². The fraction of sp³-hybridized carbons (Fsp3) is 0.478. The van der Waals surface area contributed by atoms with E-state index in [2.05, 4.69) is 0 Å². The Bertz CT molecular complexity index is 1000. The topological polar surface area (TPSA) is 77.8 Å². The molecule has 1 heterocycles. The zero-order chi connectivity index (χ0) is 23.1. The SMILES string of the molecule is Cc1ccc(C(=O)N(c2cc(C(C)(C)C)sc2C(=O)O)C2CCC(O)CC2)c(F)c1F. The first-order valence-electron chi connectivity index (χ1n) is 10.3. The minimum Gasteiger partial charge on any atom is -0.477 e. The molecule has 5 nitrogen and oxygen atoms in total. The summed E-state index contributed by atoms with van der Waals surface area (Å²) in [5.41, 5.74) is -0.521. The average Bonchev–Trinajstić information content (AvgIpc) is 3.13. The lowest BCUT2D eigenvalue weighted by Crippen LogP contribution is -2.44. The van der Waals surface area contributed by atoms with E-state index in [1.807, 2.05) is 20.8 Å². The highest BCUT2D eigenvalue weighted by atomic mass is 32.1. The number of benzene rings is 1. The van der Waals surface area contributed by atoms with Crippen LogP contribution in [-0.2, 0) is 5.41 Å². The quantitative estimate of drug-likeness (QED) is 0.663. The second-order valence-electron chi connectivity index (χ2n) is 9.08. The molecule has 1 aromatic carbocycles. The number of amides is 1. The number of anilines is 1. The van der Waals surface area contributed by atoms with E-state index in [9.17, 15) is 28.6 Å². The van der Waals surface area contributed by atoms with Gasteiger partial charge in [-0.3, -0.25) is 4.79 Å². The van der Waals surface area contributed by atoms with Gasteiger partial charge in [0.05, 0.1) is 17.4 Å². The van der Waals surface area contributed by atoms with Crippen LogP contribution in [0.5, 0.6) is 0 Å². The fourth-order valence-electron chi connectivity index (χ4n) is 3.81. The van der Waals surface area contributed by atoms with Crippen molar-refractivity contribution in [3.8, 4) is 0 Å². The number of halogens is 2. The summed E-state index contributed by atoms with van der Waals surface area (Å²) >= 11 is 1.08. The second kappa shape index (κ2) is 8.67. The molecule has 0 radical (unpaired) electrons. The molecule has 1 aromatic heterocycles. The van der Waals surface area contributed by atoms with Crippen molar-refractivity contribution in [3.05, 3.63) is 50.7 Å². The number of aliphatic hydroxyl groups is 1. The monoisotopic (exact) mass is 451 g/mol. The molecule has 0 unspecified atom stereocenters. The molecule has 8 heteroatoms. The van der Waals surface area contributed by atoms with Crippen molar-refractivity contribution in [3.63, 3.8) is 0 Å². The number of carboxylic acid groups (broad SMARTS) is 1. The maximum Gasteiger partial charge on any atom is 0.348 e. The van der Waals surface area contributed by atoms with E-state index in [1.165, 1.54) is 24.0 Å². The number of carbonyl (C=O) groups is 2. The van der Waals surface area contributed by atoms with Crippen LogP contribution in [0.1, 0.15) is 76.9 Å². The number of nitrogens with zero attached hydrogens (tertiary/aromatic N) is 1. The minimum absolute atomic E-state index is 0.0163. The van der Waals surface area contributed by atoms with E-state index in [-0.39, 0.29) is 21.5 Å². The first-order chi connectivity index (χ1) is 14.4. The van der Waals surface area contributed by atoms with E-state index in [0.717, 1.165) is 16.2 Å². The Kier molecular flexibility index (Phi) is 6.53. The number of aryl methyl sites for hydroxylation is 1. The molecule has 1 fully saturated rings. The van der Waals surface area contributed by atoms with Crippen molar-refractivity contribution in [1.29, 1.82) is 0 Å². The zero-order valence-electron chi connectivity index (χ0n) is 18.0. The second-order valence-corrected chi connectivity index (χ2v) is 10.1. The fourth-order valence-corrected chi connectivity index (χ4v) is 4.86. The Labute approximate surface area is 184 Å². The van der Waals surface area contributed by atoms with Crippen LogP contribution in [-0.4, -0.2) is 34.2 Å². The molecule has 168 valence electrons. The third kappa shape index (κ3) is 4.65. The summed E-state index contributed by atoms with van der Waals surface area (Å²) in [6.07, 6.45) is 1.26. The summed E-state index contributed by atoms with van der Waals surface area (Å²) in [6.45, 7) is 7.22. The van der Waals surface area contributed by atoms with Crippen LogP contribution in [0.15, 0.2) is 18.2 Å². The van der Waals surface area contributed by atoms with Gasteiger partial charge in [0.2, 0.25) is 0 Å². The molecule has 2 N–H and O–H groups in total. The third-order valence-electron chi connectivity index (χ3n) is 5.66. The van der Waals surface area contributed by atoms with Gasteiger partial charge in [-0.15, -0.1) is 11.3 Å². The third-order valence-corrected chi connectivity index (χ3v) is 7.20. The molecule has 31 heavy (non-hydrogen) atoms. The van der Waals surface area contributed by atoms with E-state index in [1.54, 1.807) is 6.07 Å². The summed E-state index contributed by atoms with van der Waals surface area (Å²) in [5, 5.41) is 19.7. The lowest BCUT2D eigenvalue weighted by Gasteiger charge is -2.36. The van der Waals surface area contributed by atoms with Gasteiger partial charge in [0, 0.05) is 10.9 Å². The molecule has 0 bridgehead atoms. The Morgan fingerprint density at radius 1 is 1.10 bits per heavy atom. The Morgan fingerprint density at radius 3 is 2.26 bits per heavy atom. The first-order valence-corrected chi connectivity index (χ1v) is 11.1. The Balaban J connectivity index is 2.17. The predicted molar refractivity (Wildman–Crippen MR) is 116 cm³/mol. The maximum absolute atomic E-state index is 14.7. The molecule has 3 rings (SSSR count). The van der Waals surface area contributed by atoms with Gasteiger partial charge in [0.15, 0.2) is 11.6 Å². The number of hydrogen-bond acceptors (Lipinski definition) is 4. The van der Waals surface area contributed by atoms with Crippen LogP contribution in [0.2, 0.25) is 0 Å².